The molecule has 0 spiro atoms. The van der Waals surface area contributed by atoms with Crippen LogP contribution in [0.1, 0.15) is 24.0 Å². The van der Waals surface area contributed by atoms with Gasteiger partial charge in [0.05, 0.1) is 11.4 Å². The molecule has 0 saturated heterocycles. The first-order valence-corrected chi connectivity index (χ1v) is 11.9. The van der Waals surface area contributed by atoms with Gasteiger partial charge in [-0.05, 0) is 13.8 Å². The molecule has 6 nitrogen and oxygen atoms in total. The highest BCUT2D eigenvalue weighted by Crippen LogP contribution is 2.26. The third-order valence-electron chi connectivity index (χ3n) is 4.77. The molecule has 2 amide bonds. The second-order valence-corrected chi connectivity index (χ2v) is 9.12. The van der Waals surface area contributed by atoms with Crippen molar-refractivity contribution in [3.05, 3.63) is 70.4 Å². The second-order valence-electron chi connectivity index (χ2n) is 7.40. The number of amides is 2. The van der Waals surface area contributed by atoms with Crippen LogP contribution < -0.4 is 10.6 Å². The van der Waals surface area contributed by atoms with Crippen LogP contribution in [0.4, 0.5) is 10.3 Å². The third kappa shape index (κ3) is 5.66. The minimum absolute atomic E-state index is 0.0709. The first-order chi connectivity index (χ1) is 15.5. The van der Waals surface area contributed by atoms with Crippen molar-refractivity contribution in [3.63, 3.8) is 0 Å². The Balaban J connectivity index is 1.26. The van der Waals surface area contributed by atoms with Crippen molar-refractivity contribution in [2.75, 3.05) is 10.6 Å². The van der Waals surface area contributed by atoms with E-state index in [1.165, 1.54) is 33.8 Å². The lowest BCUT2D eigenvalue weighted by molar-refractivity contribution is -0.121. The molecule has 0 aliphatic carbocycles. The highest BCUT2D eigenvalue weighted by Gasteiger charge is 2.12. The molecule has 0 saturated carbocycles. The number of hydrogen-bond acceptors (Lipinski definition) is 6. The fourth-order valence-corrected chi connectivity index (χ4v) is 4.44. The Kier molecular flexibility index (Phi) is 6.72. The third-order valence-corrected chi connectivity index (χ3v) is 6.29. The maximum atomic E-state index is 12.2. The molecule has 4 aromatic rings. The molecule has 4 rings (SSSR count). The molecule has 0 atom stereocenters. The fraction of sp³-hybridized carbons (Fsp3) is 0.167. The Morgan fingerprint density at radius 1 is 0.688 bits per heavy atom. The Morgan fingerprint density at radius 3 is 1.44 bits per heavy atom. The molecule has 162 valence electrons. The quantitative estimate of drug-likeness (QED) is 0.358. The fourth-order valence-electron chi connectivity index (χ4n) is 2.97. The van der Waals surface area contributed by atoms with Crippen LogP contribution in [-0.2, 0) is 9.59 Å². The summed E-state index contributed by atoms with van der Waals surface area (Å²) in [6.07, 6.45) is 0.142. The molecular weight excluding hydrogens is 440 g/mol. The van der Waals surface area contributed by atoms with E-state index < -0.39 is 0 Å². The number of aromatic nitrogens is 2. The van der Waals surface area contributed by atoms with Gasteiger partial charge in [-0.2, -0.15) is 0 Å². The molecular formula is C24H22N4O2S2. The number of nitrogens with one attached hydrogen (secondary N) is 2. The number of rotatable bonds is 7. The number of benzene rings is 2. The number of hydrogen-bond donors (Lipinski definition) is 2. The van der Waals surface area contributed by atoms with Gasteiger partial charge in [-0.25, -0.2) is 9.97 Å². The molecule has 0 aliphatic rings. The first kappa shape index (κ1) is 21.9. The Morgan fingerprint density at radius 2 is 1.06 bits per heavy atom. The number of nitrogens with zero attached hydrogens (tertiary/aromatic N) is 2. The van der Waals surface area contributed by atoms with E-state index in [2.05, 4.69) is 20.6 Å². The molecule has 0 aliphatic heterocycles. The van der Waals surface area contributed by atoms with Gasteiger partial charge in [0.25, 0.3) is 0 Å². The van der Waals surface area contributed by atoms with Gasteiger partial charge in [0.1, 0.15) is 0 Å². The normalized spacial score (nSPS) is 10.7. The lowest BCUT2D eigenvalue weighted by Gasteiger charge is -2.03. The zero-order valence-corrected chi connectivity index (χ0v) is 19.3. The largest absolute Gasteiger partial charge is 0.302 e. The Labute approximate surface area is 194 Å². The lowest BCUT2D eigenvalue weighted by Crippen LogP contribution is -2.17. The van der Waals surface area contributed by atoms with Crippen molar-refractivity contribution in [1.82, 2.24) is 9.97 Å². The van der Waals surface area contributed by atoms with Crippen LogP contribution in [0.15, 0.2) is 59.3 Å². The predicted octanol–water partition coefficient (Wildman–Crippen LogP) is 5.91. The number of aryl methyl sites for hydroxylation is 2. The molecule has 0 fully saturated rings. The van der Waals surface area contributed by atoms with E-state index >= 15 is 0 Å². The maximum absolute atomic E-state index is 12.2. The van der Waals surface area contributed by atoms with Gasteiger partial charge in [-0.3, -0.25) is 9.59 Å². The van der Waals surface area contributed by atoms with Crippen molar-refractivity contribution < 1.29 is 9.59 Å². The summed E-state index contributed by atoms with van der Waals surface area (Å²) in [4.78, 5) is 33.4. The van der Waals surface area contributed by atoms with Gasteiger partial charge in [0.2, 0.25) is 11.8 Å². The summed E-state index contributed by atoms with van der Waals surface area (Å²) >= 11 is 2.73. The van der Waals surface area contributed by atoms with Crippen LogP contribution in [-0.4, -0.2) is 21.8 Å². The van der Waals surface area contributed by atoms with Gasteiger partial charge >= 0.3 is 0 Å². The van der Waals surface area contributed by atoms with E-state index in [1.54, 1.807) is 0 Å². The van der Waals surface area contributed by atoms with Gasteiger partial charge in [-0.15, -0.1) is 22.7 Å². The van der Waals surface area contributed by atoms with Gasteiger partial charge in [0, 0.05) is 34.7 Å². The van der Waals surface area contributed by atoms with Crippen molar-refractivity contribution in [2.24, 2.45) is 0 Å². The summed E-state index contributed by atoms with van der Waals surface area (Å²) in [5, 5.41) is 10.4. The smallest absolute Gasteiger partial charge is 0.226 e. The molecule has 2 heterocycles. The number of anilines is 2. The van der Waals surface area contributed by atoms with E-state index in [0.717, 1.165) is 22.5 Å². The molecule has 2 N–H and O–H groups in total. The molecule has 32 heavy (non-hydrogen) atoms. The Hall–Kier alpha value is -3.36. The van der Waals surface area contributed by atoms with Crippen LogP contribution in [0.25, 0.3) is 22.5 Å². The van der Waals surface area contributed by atoms with Crippen LogP contribution in [0.3, 0.4) is 0 Å². The van der Waals surface area contributed by atoms with E-state index in [0.29, 0.717) is 10.3 Å². The van der Waals surface area contributed by atoms with Gasteiger partial charge in [0.15, 0.2) is 10.3 Å². The SMILES string of the molecule is Cc1ccc(-c2csc(NC(=O)CCC(=O)Nc3nc(-c4ccc(C)cc4)cs3)n2)cc1. The van der Waals surface area contributed by atoms with Crippen molar-refractivity contribution >= 4 is 44.8 Å². The van der Waals surface area contributed by atoms with Crippen LogP contribution in [0.2, 0.25) is 0 Å². The predicted molar refractivity (Wildman–Crippen MR) is 131 cm³/mol. The summed E-state index contributed by atoms with van der Waals surface area (Å²) < 4.78 is 0. The van der Waals surface area contributed by atoms with E-state index in [1.807, 2.05) is 73.1 Å². The molecule has 0 radical (unpaired) electrons. The zero-order chi connectivity index (χ0) is 22.5. The highest BCUT2D eigenvalue weighted by atomic mass is 32.1. The minimum Gasteiger partial charge on any atom is -0.302 e. The second kappa shape index (κ2) is 9.84. The van der Waals surface area contributed by atoms with E-state index in [9.17, 15) is 9.59 Å². The summed E-state index contributed by atoms with van der Waals surface area (Å²) in [6.45, 7) is 4.06. The molecule has 0 unspecified atom stereocenters. The Bertz CT molecular complexity index is 1130. The van der Waals surface area contributed by atoms with E-state index in [-0.39, 0.29) is 24.7 Å². The maximum Gasteiger partial charge on any atom is 0.226 e. The van der Waals surface area contributed by atoms with Crippen LogP contribution >= 0.6 is 22.7 Å². The molecule has 2 aromatic heterocycles. The van der Waals surface area contributed by atoms with E-state index in [4.69, 9.17) is 0 Å². The average molecular weight is 463 g/mol. The zero-order valence-electron chi connectivity index (χ0n) is 17.7. The average Bonchev–Trinajstić information content (AvgIpc) is 3.43. The lowest BCUT2D eigenvalue weighted by atomic mass is 10.1. The molecule has 8 heteroatoms. The minimum atomic E-state index is -0.246. The summed E-state index contributed by atoms with van der Waals surface area (Å²) in [5.74, 6) is -0.492. The molecule has 2 aromatic carbocycles. The topological polar surface area (TPSA) is 84.0 Å². The number of thiazole rings is 2. The summed E-state index contributed by atoms with van der Waals surface area (Å²) in [6, 6.07) is 16.1. The standard InChI is InChI=1S/C24H22N4O2S2/c1-15-3-7-17(8-4-15)19-13-31-23(25-19)27-21(29)11-12-22(30)28-24-26-20(14-32-24)18-9-5-16(2)6-10-18/h3-10,13-14H,11-12H2,1-2H3,(H,25,27,29)(H,26,28,30). The van der Waals surface area contributed by atoms with Gasteiger partial charge in [-0.1, -0.05) is 59.7 Å². The molecule has 0 bridgehead atoms. The van der Waals surface area contributed by atoms with Crippen LogP contribution in [0.5, 0.6) is 0 Å². The number of carbonyl (C=O) groups is 2. The number of carbonyl (C=O) groups excluding carboxylic acids is 2. The summed E-state index contributed by atoms with van der Waals surface area (Å²) in [7, 11) is 0. The summed E-state index contributed by atoms with van der Waals surface area (Å²) in [5.41, 5.74) is 5.99. The van der Waals surface area contributed by atoms with Crippen molar-refractivity contribution in [1.29, 1.82) is 0 Å². The van der Waals surface area contributed by atoms with Gasteiger partial charge < -0.3 is 10.6 Å². The van der Waals surface area contributed by atoms with Crippen molar-refractivity contribution in [2.45, 2.75) is 26.7 Å². The van der Waals surface area contributed by atoms with Crippen LogP contribution in [0, 0.1) is 13.8 Å². The highest BCUT2D eigenvalue weighted by molar-refractivity contribution is 7.14. The van der Waals surface area contributed by atoms with Crippen molar-refractivity contribution in [3.8, 4) is 22.5 Å². The first-order valence-electron chi connectivity index (χ1n) is 10.1. The monoisotopic (exact) mass is 462 g/mol.